The number of unbranched alkanes of at least 4 members (excludes halogenated alkanes) is 20. The molecule has 2 unspecified atom stereocenters. The smallest absolute Gasteiger partial charge is 0.331 e. The molecule has 0 aliphatic heterocycles. The van der Waals surface area contributed by atoms with Crippen LogP contribution in [0.3, 0.4) is 0 Å². The summed E-state index contributed by atoms with van der Waals surface area (Å²) in [5.41, 5.74) is 0. The maximum Gasteiger partial charge on any atom is 0.331 e. The van der Waals surface area contributed by atoms with Gasteiger partial charge in [0, 0.05) is 6.42 Å². The lowest BCUT2D eigenvalue weighted by molar-refractivity contribution is -0.148. The second-order valence-corrected chi connectivity index (χ2v) is 12.1. The minimum Gasteiger partial charge on any atom is -0.467 e. The fraction of sp³-hybridized carbons (Fsp3) is 0.838. The lowest BCUT2D eigenvalue weighted by Gasteiger charge is -2.22. The van der Waals surface area contributed by atoms with Gasteiger partial charge in [-0.2, -0.15) is 0 Å². The zero-order valence-electron chi connectivity index (χ0n) is 28.0. The van der Waals surface area contributed by atoms with E-state index in [4.69, 9.17) is 4.74 Å². The molecule has 1 amide bonds. The summed E-state index contributed by atoms with van der Waals surface area (Å²) in [6, 6.07) is -0.974. The average molecular weight is 592 g/mol. The minimum absolute atomic E-state index is 0.180. The van der Waals surface area contributed by atoms with Crippen molar-refractivity contribution in [1.29, 1.82) is 0 Å². The van der Waals surface area contributed by atoms with Gasteiger partial charge in [0.2, 0.25) is 5.91 Å². The molecule has 0 heterocycles. The van der Waals surface area contributed by atoms with Crippen LogP contribution in [0.25, 0.3) is 0 Å². The fourth-order valence-electron chi connectivity index (χ4n) is 5.32. The molecular formula is C37H69NO4. The van der Waals surface area contributed by atoms with Gasteiger partial charge in [-0.25, -0.2) is 4.79 Å². The van der Waals surface area contributed by atoms with Gasteiger partial charge < -0.3 is 15.2 Å². The first-order valence-corrected chi connectivity index (χ1v) is 17.9. The molecule has 246 valence electrons. The van der Waals surface area contributed by atoms with Gasteiger partial charge in [-0.15, -0.1) is 0 Å². The molecule has 0 spiro atoms. The zero-order chi connectivity index (χ0) is 30.9. The van der Waals surface area contributed by atoms with E-state index >= 15 is 0 Å². The number of esters is 1. The summed E-state index contributed by atoms with van der Waals surface area (Å²) < 4.78 is 4.86. The van der Waals surface area contributed by atoms with Crippen molar-refractivity contribution in [2.45, 2.75) is 193 Å². The van der Waals surface area contributed by atoms with E-state index in [1.807, 2.05) is 0 Å². The highest BCUT2D eigenvalue weighted by Gasteiger charge is 2.28. The Morgan fingerprint density at radius 3 is 1.57 bits per heavy atom. The van der Waals surface area contributed by atoms with Crippen LogP contribution in [-0.4, -0.2) is 36.2 Å². The molecule has 0 fully saturated rings. The highest BCUT2D eigenvalue weighted by Crippen LogP contribution is 2.15. The van der Waals surface area contributed by atoms with E-state index in [1.54, 1.807) is 0 Å². The van der Waals surface area contributed by atoms with Gasteiger partial charge in [-0.1, -0.05) is 154 Å². The summed E-state index contributed by atoms with van der Waals surface area (Å²) in [5.74, 6) is -0.744. The standard InChI is InChI=1S/C37H69NO4/c1-4-6-8-10-12-14-16-18-19-21-23-25-27-29-31-33-35(40)38-36(37(41)42-3)34(39)32-30-28-26-24-22-20-17-15-13-11-9-7-5-2/h12,14,18-19,34,36,39H,4-11,13,15-17,20-33H2,1-3H3,(H,38,40)/b14-12-,19-18-. The molecule has 0 radical (unpaired) electrons. The Hall–Kier alpha value is -1.62. The van der Waals surface area contributed by atoms with Crippen LogP contribution in [0, 0.1) is 0 Å². The van der Waals surface area contributed by atoms with Crippen molar-refractivity contribution in [2.24, 2.45) is 0 Å². The van der Waals surface area contributed by atoms with Crippen molar-refractivity contribution in [3.05, 3.63) is 24.3 Å². The summed E-state index contributed by atoms with van der Waals surface area (Å²) in [4.78, 5) is 24.7. The Morgan fingerprint density at radius 1 is 0.619 bits per heavy atom. The van der Waals surface area contributed by atoms with Crippen LogP contribution in [0.15, 0.2) is 24.3 Å². The molecule has 0 rings (SSSR count). The highest BCUT2D eigenvalue weighted by atomic mass is 16.5. The van der Waals surface area contributed by atoms with Gasteiger partial charge in [0.15, 0.2) is 6.04 Å². The molecule has 0 aromatic heterocycles. The largest absolute Gasteiger partial charge is 0.467 e. The molecular weight excluding hydrogens is 522 g/mol. The van der Waals surface area contributed by atoms with Crippen molar-refractivity contribution in [3.8, 4) is 0 Å². The average Bonchev–Trinajstić information content (AvgIpc) is 2.99. The van der Waals surface area contributed by atoms with Gasteiger partial charge in [0.25, 0.3) is 0 Å². The van der Waals surface area contributed by atoms with Crippen LogP contribution in [0.4, 0.5) is 0 Å². The minimum atomic E-state index is -0.974. The van der Waals surface area contributed by atoms with Crippen molar-refractivity contribution >= 4 is 11.9 Å². The zero-order valence-corrected chi connectivity index (χ0v) is 28.0. The highest BCUT2D eigenvalue weighted by molar-refractivity contribution is 5.84. The normalized spacial score (nSPS) is 13.1. The summed E-state index contributed by atoms with van der Waals surface area (Å²) in [6.45, 7) is 4.50. The van der Waals surface area contributed by atoms with E-state index < -0.39 is 18.1 Å². The van der Waals surface area contributed by atoms with Gasteiger partial charge in [-0.3, -0.25) is 4.79 Å². The second kappa shape index (κ2) is 32.3. The van der Waals surface area contributed by atoms with Crippen molar-refractivity contribution < 1.29 is 19.4 Å². The van der Waals surface area contributed by atoms with E-state index in [9.17, 15) is 14.7 Å². The Morgan fingerprint density at radius 2 is 1.05 bits per heavy atom. The molecule has 0 saturated heterocycles. The molecule has 0 aromatic carbocycles. The lowest BCUT2D eigenvalue weighted by Crippen LogP contribution is -2.49. The van der Waals surface area contributed by atoms with Gasteiger partial charge >= 0.3 is 5.97 Å². The first-order valence-electron chi connectivity index (χ1n) is 17.9. The van der Waals surface area contributed by atoms with Crippen LogP contribution in [0.1, 0.15) is 181 Å². The van der Waals surface area contributed by atoms with Crippen LogP contribution >= 0.6 is 0 Å². The Bertz CT molecular complexity index is 660. The predicted octanol–water partition coefficient (Wildman–Crippen LogP) is 10.3. The number of allylic oxidation sites excluding steroid dienone is 4. The van der Waals surface area contributed by atoms with Crippen LogP contribution in [-0.2, 0) is 14.3 Å². The number of ether oxygens (including phenoxy) is 1. The number of carbonyl (C=O) groups excluding carboxylic acids is 2. The van der Waals surface area contributed by atoms with Gasteiger partial charge in [0.1, 0.15) is 0 Å². The molecule has 2 atom stereocenters. The third-order valence-electron chi connectivity index (χ3n) is 8.11. The Labute approximate surface area is 260 Å². The fourth-order valence-corrected chi connectivity index (χ4v) is 5.32. The van der Waals surface area contributed by atoms with Gasteiger partial charge in [0.05, 0.1) is 13.2 Å². The third-order valence-corrected chi connectivity index (χ3v) is 8.11. The number of methoxy groups -OCH3 is 1. The van der Waals surface area contributed by atoms with Crippen LogP contribution in [0.2, 0.25) is 0 Å². The molecule has 0 aliphatic rings. The number of amides is 1. The molecule has 0 bridgehead atoms. The van der Waals surface area contributed by atoms with Crippen molar-refractivity contribution in [2.75, 3.05) is 7.11 Å². The first-order chi connectivity index (χ1) is 20.6. The van der Waals surface area contributed by atoms with Crippen LogP contribution in [0.5, 0.6) is 0 Å². The third kappa shape index (κ3) is 27.2. The summed E-state index contributed by atoms with van der Waals surface area (Å²) >= 11 is 0. The molecule has 0 saturated carbocycles. The van der Waals surface area contributed by atoms with E-state index in [2.05, 4.69) is 43.5 Å². The van der Waals surface area contributed by atoms with E-state index in [1.165, 1.54) is 110 Å². The SMILES string of the molecule is CCCCC/C=C\C/C=C\CCCCCCCC(=O)NC(C(=O)OC)C(O)CCCCCCCCCCCCCCC. The van der Waals surface area contributed by atoms with Crippen molar-refractivity contribution in [1.82, 2.24) is 5.32 Å². The molecule has 5 nitrogen and oxygen atoms in total. The van der Waals surface area contributed by atoms with E-state index in [0.29, 0.717) is 12.8 Å². The van der Waals surface area contributed by atoms with E-state index in [-0.39, 0.29) is 5.91 Å². The number of hydrogen-bond acceptors (Lipinski definition) is 4. The van der Waals surface area contributed by atoms with Crippen LogP contribution < -0.4 is 5.32 Å². The molecule has 0 aromatic rings. The molecule has 42 heavy (non-hydrogen) atoms. The molecule has 0 aliphatic carbocycles. The lowest BCUT2D eigenvalue weighted by atomic mass is 10.0. The number of rotatable bonds is 31. The number of aliphatic hydroxyl groups is 1. The Balaban J connectivity index is 3.86. The van der Waals surface area contributed by atoms with E-state index in [0.717, 1.165) is 51.4 Å². The first kappa shape index (κ1) is 40.4. The molecule has 5 heteroatoms. The quantitative estimate of drug-likeness (QED) is 0.0478. The topological polar surface area (TPSA) is 75.6 Å². The summed E-state index contributed by atoms with van der Waals surface area (Å²) in [5, 5.41) is 13.4. The maximum absolute atomic E-state index is 12.5. The maximum atomic E-state index is 12.5. The van der Waals surface area contributed by atoms with Crippen molar-refractivity contribution in [3.63, 3.8) is 0 Å². The predicted molar refractivity (Wildman–Crippen MR) is 180 cm³/mol. The van der Waals surface area contributed by atoms with Gasteiger partial charge in [-0.05, 0) is 44.9 Å². The molecule has 2 N–H and O–H groups in total. The monoisotopic (exact) mass is 592 g/mol. The number of nitrogens with one attached hydrogen (secondary N) is 1. The number of hydrogen-bond donors (Lipinski definition) is 2. The second-order valence-electron chi connectivity index (χ2n) is 12.1. The summed E-state index contributed by atoms with van der Waals surface area (Å²) in [7, 11) is 1.31. The number of carbonyl (C=O) groups is 2. The Kier molecular flexibility index (Phi) is 31.1. The number of aliphatic hydroxyl groups excluding tert-OH is 1. The summed E-state index contributed by atoms with van der Waals surface area (Å²) in [6.07, 6.45) is 38.0.